The molecule has 0 aliphatic heterocycles. The van der Waals surface area contributed by atoms with Gasteiger partial charge < -0.3 is 10.2 Å². The van der Waals surface area contributed by atoms with Crippen molar-refractivity contribution in [3.63, 3.8) is 0 Å². The van der Waals surface area contributed by atoms with E-state index in [9.17, 15) is 8.42 Å². The summed E-state index contributed by atoms with van der Waals surface area (Å²) in [6, 6.07) is 0. The van der Waals surface area contributed by atoms with E-state index in [0.29, 0.717) is 13.1 Å². The highest BCUT2D eigenvalue weighted by atomic mass is 32.2. The van der Waals surface area contributed by atoms with Gasteiger partial charge in [-0.2, -0.15) is 12.7 Å². The topological polar surface area (TPSA) is 64.7 Å². The van der Waals surface area contributed by atoms with Crippen LogP contribution in [0.4, 0.5) is 0 Å². The van der Waals surface area contributed by atoms with Gasteiger partial charge in [0.05, 0.1) is 0 Å². The van der Waals surface area contributed by atoms with Gasteiger partial charge in [-0.05, 0) is 46.4 Å². The minimum absolute atomic E-state index is 0.0162. The predicted molar refractivity (Wildman–Crippen MR) is 87.6 cm³/mol. The number of likely N-dealkylation sites (N-methyl/N-ethyl adjacent to an activating group) is 1. The lowest BCUT2D eigenvalue weighted by atomic mass is 9.97. The minimum atomic E-state index is -3.38. The Morgan fingerprint density at radius 3 is 2.29 bits per heavy atom. The second-order valence-corrected chi connectivity index (χ2v) is 8.04. The van der Waals surface area contributed by atoms with Crippen molar-refractivity contribution in [2.24, 2.45) is 0 Å². The maximum Gasteiger partial charge on any atom is 0.279 e. The van der Waals surface area contributed by atoms with E-state index in [0.717, 1.165) is 32.4 Å². The van der Waals surface area contributed by atoms with E-state index in [1.165, 1.54) is 17.1 Å². The summed E-state index contributed by atoms with van der Waals surface area (Å²) in [6.07, 6.45) is 5.31. The molecule has 1 rings (SSSR count). The van der Waals surface area contributed by atoms with Crippen molar-refractivity contribution < 1.29 is 8.42 Å². The van der Waals surface area contributed by atoms with Crippen molar-refractivity contribution in [2.45, 2.75) is 44.6 Å². The Kier molecular flexibility index (Phi) is 7.56. The summed E-state index contributed by atoms with van der Waals surface area (Å²) >= 11 is 0. The fourth-order valence-corrected chi connectivity index (χ4v) is 3.92. The van der Waals surface area contributed by atoms with E-state index < -0.39 is 10.2 Å². The van der Waals surface area contributed by atoms with E-state index >= 15 is 0 Å². The van der Waals surface area contributed by atoms with E-state index in [2.05, 4.69) is 14.9 Å². The molecule has 7 heteroatoms. The lowest BCUT2D eigenvalue weighted by Crippen LogP contribution is -2.53. The average Bonchev–Trinajstić information content (AvgIpc) is 2.91. The van der Waals surface area contributed by atoms with Gasteiger partial charge in [0.15, 0.2) is 0 Å². The van der Waals surface area contributed by atoms with Crippen molar-refractivity contribution in [2.75, 3.05) is 47.3 Å². The molecule has 1 saturated carbocycles. The Morgan fingerprint density at radius 2 is 1.76 bits per heavy atom. The Morgan fingerprint density at radius 1 is 1.14 bits per heavy atom. The summed E-state index contributed by atoms with van der Waals surface area (Å²) in [6.45, 7) is 4.85. The molecule has 126 valence electrons. The van der Waals surface area contributed by atoms with Gasteiger partial charge in [-0.3, -0.25) is 0 Å². The third-order valence-corrected chi connectivity index (χ3v) is 6.07. The number of nitrogens with one attached hydrogen (secondary N) is 2. The standard InChI is InChI=1S/C14H32N4O2S/c1-5-15-11-8-12-18(4)21(19,20)16-13-14(17(2)3)9-6-7-10-14/h15-16H,5-13H2,1-4H3. The maximum atomic E-state index is 12.3. The molecule has 1 aliphatic rings. The summed E-state index contributed by atoms with van der Waals surface area (Å²) in [5, 5.41) is 3.20. The first-order chi connectivity index (χ1) is 9.84. The molecule has 0 bridgehead atoms. The van der Waals surface area contributed by atoms with Crippen LogP contribution < -0.4 is 10.0 Å². The Bertz CT molecular complexity index is 392. The van der Waals surface area contributed by atoms with Crippen LogP contribution in [0.3, 0.4) is 0 Å². The first kappa shape index (κ1) is 18.8. The van der Waals surface area contributed by atoms with Crippen LogP contribution in [0, 0.1) is 0 Å². The van der Waals surface area contributed by atoms with Crippen LogP contribution in [-0.4, -0.2) is 70.5 Å². The zero-order valence-corrected chi connectivity index (χ0v) is 14.8. The monoisotopic (exact) mass is 320 g/mol. The first-order valence-electron chi connectivity index (χ1n) is 7.93. The summed E-state index contributed by atoms with van der Waals surface area (Å²) in [7, 11) is 2.35. The third kappa shape index (κ3) is 5.49. The van der Waals surface area contributed by atoms with Crippen molar-refractivity contribution in [1.82, 2.24) is 19.2 Å². The van der Waals surface area contributed by atoms with Gasteiger partial charge in [-0.15, -0.1) is 0 Å². The van der Waals surface area contributed by atoms with Gasteiger partial charge in [0, 0.05) is 25.7 Å². The van der Waals surface area contributed by atoms with Gasteiger partial charge in [0.25, 0.3) is 10.2 Å². The SMILES string of the molecule is CCNCCCN(C)S(=O)(=O)NCC1(N(C)C)CCCC1. The predicted octanol–water partition coefficient (Wildman–Crippen LogP) is 0.627. The Balaban J connectivity index is 2.47. The quantitative estimate of drug-likeness (QED) is 0.580. The van der Waals surface area contributed by atoms with Crippen molar-refractivity contribution >= 4 is 10.2 Å². The largest absolute Gasteiger partial charge is 0.317 e. The number of rotatable bonds is 10. The third-order valence-electron chi connectivity index (χ3n) is 4.55. The molecule has 0 atom stereocenters. The molecule has 0 aromatic carbocycles. The average molecular weight is 321 g/mol. The van der Waals surface area contributed by atoms with E-state index in [1.54, 1.807) is 7.05 Å². The molecule has 0 saturated heterocycles. The molecule has 0 amide bonds. The Labute approximate surface area is 130 Å². The Hall–Kier alpha value is -0.210. The van der Waals surface area contributed by atoms with Crippen molar-refractivity contribution in [3.05, 3.63) is 0 Å². The summed E-state index contributed by atoms with van der Waals surface area (Å²) < 4.78 is 28.8. The second kappa shape index (κ2) is 8.43. The van der Waals surface area contributed by atoms with Crippen LogP contribution in [0.1, 0.15) is 39.0 Å². The van der Waals surface area contributed by atoms with Crippen LogP contribution in [0.5, 0.6) is 0 Å². The summed E-state index contributed by atoms with van der Waals surface area (Å²) in [5.74, 6) is 0. The van der Waals surface area contributed by atoms with E-state index in [-0.39, 0.29) is 5.54 Å². The normalized spacial score (nSPS) is 18.8. The number of hydrogen-bond donors (Lipinski definition) is 2. The maximum absolute atomic E-state index is 12.3. The van der Waals surface area contributed by atoms with Crippen LogP contribution in [-0.2, 0) is 10.2 Å². The smallest absolute Gasteiger partial charge is 0.279 e. The highest BCUT2D eigenvalue weighted by Gasteiger charge is 2.37. The van der Waals surface area contributed by atoms with Gasteiger partial charge in [0.1, 0.15) is 0 Å². The molecule has 2 N–H and O–H groups in total. The van der Waals surface area contributed by atoms with Crippen molar-refractivity contribution in [1.29, 1.82) is 0 Å². The molecule has 21 heavy (non-hydrogen) atoms. The summed E-state index contributed by atoms with van der Waals surface area (Å²) in [5.41, 5.74) is -0.0162. The van der Waals surface area contributed by atoms with Gasteiger partial charge in [0.2, 0.25) is 0 Å². The van der Waals surface area contributed by atoms with Crippen LogP contribution in [0.15, 0.2) is 0 Å². The van der Waals surface area contributed by atoms with Crippen LogP contribution in [0.2, 0.25) is 0 Å². The molecule has 6 nitrogen and oxygen atoms in total. The zero-order valence-electron chi connectivity index (χ0n) is 14.0. The lowest BCUT2D eigenvalue weighted by Gasteiger charge is -2.36. The molecule has 1 fully saturated rings. The van der Waals surface area contributed by atoms with Gasteiger partial charge in [-0.25, -0.2) is 4.72 Å². The van der Waals surface area contributed by atoms with Crippen LogP contribution >= 0.6 is 0 Å². The fourth-order valence-electron chi connectivity index (χ4n) is 2.87. The zero-order chi connectivity index (χ0) is 15.9. The number of nitrogens with zero attached hydrogens (tertiary/aromatic N) is 2. The van der Waals surface area contributed by atoms with Gasteiger partial charge in [-0.1, -0.05) is 19.8 Å². The second-order valence-electron chi connectivity index (χ2n) is 6.18. The molecule has 1 aliphatic carbocycles. The minimum Gasteiger partial charge on any atom is -0.317 e. The highest BCUT2D eigenvalue weighted by molar-refractivity contribution is 7.87. The first-order valence-corrected chi connectivity index (χ1v) is 9.37. The lowest BCUT2D eigenvalue weighted by molar-refractivity contribution is 0.161. The van der Waals surface area contributed by atoms with Crippen molar-refractivity contribution in [3.8, 4) is 0 Å². The van der Waals surface area contributed by atoms with Gasteiger partial charge >= 0.3 is 0 Å². The molecule has 0 unspecified atom stereocenters. The molecule has 0 aromatic heterocycles. The van der Waals surface area contributed by atoms with E-state index in [4.69, 9.17) is 0 Å². The molecular weight excluding hydrogens is 288 g/mol. The summed E-state index contributed by atoms with van der Waals surface area (Å²) in [4.78, 5) is 2.17. The molecular formula is C14H32N4O2S. The number of hydrogen-bond acceptors (Lipinski definition) is 4. The molecule has 0 aromatic rings. The molecule has 0 spiro atoms. The fraction of sp³-hybridized carbons (Fsp3) is 1.00. The molecule has 0 radical (unpaired) electrons. The highest BCUT2D eigenvalue weighted by Crippen LogP contribution is 2.33. The molecule has 0 heterocycles. The van der Waals surface area contributed by atoms with Crippen LogP contribution in [0.25, 0.3) is 0 Å². The van der Waals surface area contributed by atoms with E-state index in [1.807, 2.05) is 21.0 Å².